The molecule has 2 nitrogen and oxygen atoms in total. The van der Waals surface area contributed by atoms with E-state index in [2.05, 4.69) is 13.2 Å². The Bertz CT molecular complexity index is 324. The molecule has 1 aromatic carbocycles. The summed E-state index contributed by atoms with van der Waals surface area (Å²) >= 11 is 0. The molecule has 0 saturated heterocycles. The SMILES string of the molecule is Bc1c(C)cc(NC(C)=O)cc1C. The molecule has 0 fully saturated rings. The zero-order valence-corrected chi connectivity index (χ0v) is 8.56. The highest BCUT2D eigenvalue weighted by Gasteiger charge is 2.01. The Hall–Kier alpha value is -1.25. The second-order valence-electron chi connectivity index (χ2n) is 3.42. The molecule has 3 heteroatoms. The molecule has 1 rings (SSSR count). The van der Waals surface area contributed by atoms with Crippen molar-refractivity contribution in [3.05, 3.63) is 23.3 Å². The Balaban J connectivity index is 3.06. The topological polar surface area (TPSA) is 29.1 Å². The van der Waals surface area contributed by atoms with Gasteiger partial charge >= 0.3 is 0 Å². The maximum atomic E-state index is 10.8. The highest BCUT2D eigenvalue weighted by atomic mass is 16.1. The second kappa shape index (κ2) is 3.65. The van der Waals surface area contributed by atoms with Crippen molar-refractivity contribution < 1.29 is 4.79 Å². The number of nitrogens with one attached hydrogen (secondary N) is 1. The van der Waals surface area contributed by atoms with Crippen LogP contribution in [0.4, 0.5) is 5.69 Å². The van der Waals surface area contributed by atoms with Gasteiger partial charge in [0.1, 0.15) is 7.85 Å². The van der Waals surface area contributed by atoms with Gasteiger partial charge in [-0.15, -0.1) is 0 Å². The molecule has 1 N–H and O–H groups in total. The first-order valence-electron chi connectivity index (χ1n) is 4.36. The van der Waals surface area contributed by atoms with E-state index in [1.165, 1.54) is 23.5 Å². The Morgan fingerprint density at radius 3 is 2.15 bits per heavy atom. The van der Waals surface area contributed by atoms with Crippen molar-refractivity contribution in [3.8, 4) is 0 Å². The van der Waals surface area contributed by atoms with Crippen molar-refractivity contribution in [2.24, 2.45) is 0 Å². The van der Waals surface area contributed by atoms with Gasteiger partial charge in [-0.3, -0.25) is 4.79 Å². The summed E-state index contributed by atoms with van der Waals surface area (Å²) in [5.74, 6) is -0.0253. The molecule has 0 aliphatic heterocycles. The van der Waals surface area contributed by atoms with Gasteiger partial charge in [0.15, 0.2) is 0 Å². The minimum Gasteiger partial charge on any atom is -0.326 e. The third kappa shape index (κ3) is 2.34. The number of rotatable bonds is 1. The lowest BCUT2D eigenvalue weighted by Gasteiger charge is -2.09. The van der Waals surface area contributed by atoms with E-state index in [4.69, 9.17) is 0 Å². The summed E-state index contributed by atoms with van der Waals surface area (Å²) in [5.41, 5.74) is 4.59. The molecule has 1 amide bonds. The number of hydrogen-bond donors (Lipinski definition) is 1. The number of aryl methyl sites for hydroxylation is 2. The molecule has 0 radical (unpaired) electrons. The molecule has 0 aliphatic rings. The molecule has 0 atom stereocenters. The zero-order chi connectivity index (χ0) is 10.0. The highest BCUT2D eigenvalue weighted by Crippen LogP contribution is 2.10. The molecular weight excluding hydrogens is 161 g/mol. The zero-order valence-electron chi connectivity index (χ0n) is 8.56. The smallest absolute Gasteiger partial charge is 0.221 e. The molecule has 0 unspecified atom stereocenters. The van der Waals surface area contributed by atoms with Crippen LogP contribution in [0.3, 0.4) is 0 Å². The predicted octanol–water partition coefficient (Wildman–Crippen LogP) is 0.520. The van der Waals surface area contributed by atoms with Crippen LogP contribution in [0, 0.1) is 13.8 Å². The van der Waals surface area contributed by atoms with Gasteiger partial charge in [0, 0.05) is 12.6 Å². The molecule has 0 saturated carbocycles. The number of amides is 1. The van der Waals surface area contributed by atoms with Crippen molar-refractivity contribution in [2.45, 2.75) is 20.8 Å². The first-order chi connectivity index (χ1) is 6.00. The summed E-state index contributed by atoms with van der Waals surface area (Å²) in [6.07, 6.45) is 0. The first kappa shape index (κ1) is 9.84. The van der Waals surface area contributed by atoms with Crippen LogP contribution in [0.15, 0.2) is 12.1 Å². The van der Waals surface area contributed by atoms with E-state index in [0.717, 1.165) is 5.69 Å². The third-order valence-electron chi connectivity index (χ3n) is 2.25. The Labute approximate surface area is 79.8 Å². The van der Waals surface area contributed by atoms with Crippen LogP contribution in [-0.4, -0.2) is 13.8 Å². The summed E-state index contributed by atoms with van der Waals surface area (Å²) in [6, 6.07) is 3.98. The summed E-state index contributed by atoms with van der Waals surface area (Å²) in [6.45, 7) is 5.62. The Kier molecular flexibility index (Phi) is 2.76. The number of benzene rings is 1. The molecule has 0 aromatic heterocycles. The molecule has 13 heavy (non-hydrogen) atoms. The van der Waals surface area contributed by atoms with E-state index in [0.29, 0.717) is 0 Å². The maximum Gasteiger partial charge on any atom is 0.221 e. The minimum absolute atomic E-state index is 0.0253. The Morgan fingerprint density at radius 2 is 1.77 bits per heavy atom. The predicted molar refractivity (Wildman–Crippen MR) is 58.4 cm³/mol. The van der Waals surface area contributed by atoms with Crippen LogP contribution >= 0.6 is 0 Å². The van der Waals surface area contributed by atoms with Crippen molar-refractivity contribution in [3.63, 3.8) is 0 Å². The van der Waals surface area contributed by atoms with Crippen molar-refractivity contribution in [2.75, 3.05) is 5.32 Å². The third-order valence-corrected chi connectivity index (χ3v) is 2.25. The average Bonchev–Trinajstić information content (AvgIpc) is 1.98. The van der Waals surface area contributed by atoms with Crippen molar-refractivity contribution in [1.29, 1.82) is 0 Å². The van der Waals surface area contributed by atoms with Crippen LogP contribution < -0.4 is 10.8 Å². The number of anilines is 1. The molecular formula is C10H14BNO. The fraction of sp³-hybridized carbons (Fsp3) is 0.300. The van der Waals surface area contributed by atoms with Gasteiger partial charge in [0.2, 0.25) is 5.91 Å². The highest BCUT2D eigenvalue weighted by molar-refractivity contribution is 6.34. The minimum atomic E-state index is -0.0253. The van der Waals surface area contributed by atoms with Gasteiger partial charge in [0.25, 0.3) is 0 Å². The lowest BCUT2D eigenvalue weighted by Crippen LogP contribution is -2.14. The normalized spacial score (nSPS) is 9.77. The largest absolute Gasteiger partial charge is 0.326 e. The maximum absolute atomic E-state index is 10.8. The molecule has 0 heterocycles. The van der Waals surface area contributed by atoms with Gasteiger partial charge in [-0.05, 0) is 26.0 Å². The van der Waals surface area contributed by atoms with E-state index in [-0.39, 0.29) is 5.91 Å². The van der Waals surface area contributed by atoms with E-state index < -0.39 is 0 Å². The monoisotopic (exact) mass is 175 g/mol. The molecule has 0 spiro atoms. The first-order valence-corrected chi connectivity index (χ1v) is 4.36. The molecule has 0 aliphatic carbocycles. The molecule has 68 valence electrons. The second-order valence-corrected chi connectivity index (χ2v) is 3.42. The van der Waals surface area contributed by atoms with Crippen LogP contribution in [0.1, 0.15) is 18.1 Å². The summed E-state index contributed by atoms with van der Waals surface area (Å²) < 4.78 is 0. The van der Waals surface area contributed by atoms with E-state index in [1.54, 1.807) is 0 Å². The van der Waals surface area contributed by atoms with Gasteiger partial charge in [-0.1, -0.05) is 16.6 Å². The molecule has 1 aromatic rings. The summed E-state index contributed by atoms with van der Waals surface area (Å²) in [5, 5.41) is 2.77. The van der Waals surface area contributed by atoms with Crippen LogP contribution in [0.5, 0.6) is 0 Å². The van der Waals surface area contributed by atoms with E-state index in [1.807, 2.05) is 26.0 Å². The lowest BCUT2D eigenvalue weighted by atomic mass is 9.86. The quantitative estimate of drug-likeness (QED) is 0.619. The average molecular weight is 175 g/mol. The van der Waals surface area contributed by atoms with Gasteiger partial charge in [0.05, 0.1) is 0 Å². The van der Waals surface area contributed by atoms with Crippen LogP contribution in [0.2, 0.25) is 0 Å². The fourth-order valence-corrected chi connectivity index (χ4v) is 1.31. The van der Waals surface area contributed by atoms with Gasteiger partial charge in [-0.25, -0.2) is 0 Å². The summed E-state index contributed by atoms with van der Waals surface area (Å²) in [4.78, 5) is 10.8. The number of hydrogen-bond acceptors (Lipinski definition) is 1. The summed E-state index contributed by atoms with van der Waals surface area (Å²) in [7, 11) is 2.09. The van der Waals surface area contributed by atoms with E-state index in [9.17, 15) is 4.79 Å². The Morgan fingerprint density at radius 1 is 1.31 bits per heavy atom. The lowest BCUT2D eigenvalue weighted by molar-refractivity contribution is -0.114. The number of carbonyl (C=O) groups excluding carboxylic acids is 1. The standard InChI is InChI=1S/C10H14BNO/c1-6-4-9(12-8(3)13)5-7(2)10(6)11/h4-5H,11H2,1-3H3,(H,12,13). The van der Waals surface area contributed by atoms with E-state index >= 15 is 0 Å². The van der Waals surface area contributed by atoms with Crippen LogP contribution in [0.25, 0.3) is 0 Å². The molecule has 0 bridgehead atoms. The van der Waals surface area contributed by atoms with Crippen LogP contribution in [-0.2, 0) is 4.79 Å². The fourth-order valence-electron chi connectivity index (χ4n) is 1.31. The van der Waals surface area contributed by atoms with Gasteiger partial charge < -0.3 is 5.32 Å². The van der Waals surface area contributed by atoms with Crippen molar-refractivity contribution >= 4 is 24.9 Å². The number of carbonyl (C=O) groups is 1. The van der Waals surface area contributed by atoms with Gasteiger partial charge in [-0.2, -0.15) is 0 Å². The van der Waals surface area contributed by atoms with Crippen molar-refractivity contribution in [1.82, 2.24) is 0 Å².